The van der Waals surface area contributed by atoms with E-state index in [4.69, 9.17) is 9.47 Å². The topological polar surface area (TPSA) is 56.3 Å². The molecule has 0 bridgehead atoms. The van der Waals surface area contributed by atoms with Gasteiger partial charge < -0.3 is 14.8 Å². The molecule has 22 heavy (non-hydrogen) atoms. The quantitative estimate of drug-likeness (QED) is 0.831. The SMILES string of the molecule is COc1nc2ccccc2nc1OCCCC1CCNCC1. The Morgan fingerprint density at radius 3 is 2.45 bits per heavy atom. The van der Waals surface area contributed by atoms with Crippen molar-refractivity contribution in [2.45, 2.75) is 25.7 Å². The van der Waals surface area contributed by atoms with Crippen LogP contribution in [-0.2, 0) is 0 Å². The second-order valence-electron chi connectivity index (χ2n) is 5.71. The maximum atomic E-state index is 5.81. The van der Waals surface area contributed by atoms with E-state index < -0.39 is 0 Å². The van der Waals surface area contributed by atoms with Crippen molar-refractivity contribution >= 4 is 11.0 Å². The first kappa shape index (κ1) is 15.0. The second kappa shape index (κ2) is 7.40. The van der Waals surface area contributed by atoms with E-state index in [0.29, 0.717) is 18.4 Å². The number of ether oxygens (including phenoxy) is 2. The normalized spacial score (nSPS) is 15.9. The summed E-state index contributed by atoms with van der Waals surface area (Å²) in [6, 6.07) is 7.75. The molecule has 0 saturated carbocycles. The van der Waals surface area contributed by atoms with Gasteiger partial charge in [-0.25, -0.2) is 9.97 Å². The van der Waals surface area contributed by atoms with Crippen molar-refractivity contribution in [1.29, 1.82) is 0 Å². The lowest BCUT2D eigenvalue weighted by atomic mass is 9.93. The van der Waals surface area contributed by atoms with Crippen molar-refractivity contribution in [3.63, 3.8) is 0 Å². The van der Waals surface area contributed by atoms with Gasteiger partial charge in [0, 0.05) is 0 Å². The van der Waals surface area contributed by atoms with E-state index in [1.54, 1.807) is 7.11 Å². The van der Waals surface area contributed by atoms with Crippen LogP contribution in [0.2, 0.25) is 0 Å². The zero-order valence-corrected chi connectivity index (χ0v) is 13.0. The highest BCUT2D eigenvalue weighted by Gasteiger charge is 2.14. The fourth-order valence-corrected chi connectivity index (χ4v) is 2.91. The van der Waals surface area contributed by atoms with Crippen molar-refractivity contribution in [1.82, 2.24) is 15.3 Å². The van der Waals surface area contributed by atoms with Gasteiger partial charge in [0.1, 0.15) is 0 Å². The Labute approximate surface area is 131 Å². The number of para-hydroxylation sites is 2. The maximum absolute atomic E-state index is 5.81. The Morgan fingerprint density at radius 1 is 1.09 bits per heavy atom. The summed E-state index contributed by atoms with van der Waals surface area (Å²) in [6.07, 6.45) is 4.81. The van der Waals surface area contributed by atoms with Crippen LogP contribution in [0.15, 0.2) is 24.3 Å². The molecule has 1 aromatic heterocycles. The zero-order chi connectivity index (χ0) is 15.2. The lowest BCUT2D eigenvalue weighted by Crippen LogP contribution is -2.27. The van der Waals surface area contributed by atoms with Gasteiger partial charge in [0.05, 0.1) is 24.8 Å². The predicted octanol–water partition coefficient (Wildman–Crippen LogP) is 2.80. The van der Waals surface area contributed by atoms with Gasteiger partial charge in [0.2, 0.25) is 0 Å². The molecule has 1 N–H and O–H groups in total. The minimum atomic E-state index is 0.459. The number of rotatable bonds is 6. The number of aromatic nitrogens is 2. The van der Waals surface area contributed by atoms with E-state index in [2.05, 4.69) is 15.3 Å². The first-order valence-electron chi connectivity index (χ1n) is 8.01. The fraction of sp³-hybridized carbons (Fsp3) is 0.529. The second-order valence-corrected chi connectivity index (χ2v) is 5.71. The summed E-state index contributed by atoms with van der Waals surface area (Å²) in [5.41, 5.74) is 1.65. The summed E-state index contributed by atoms with van der Waals surface area (Å²) >= 11 is 0. The molecule has 2 aromatic rings. The Hall–Kier alpha value is -1.88. The van der Waals surface area contributed by atoms with Gasteiger partial charge in [0.15, 0.2) is 0 Å². The summed E-state index contributed by atoms with van der Waals surface area (Å²) in [4.78, 5) is 8.95. The van der Waals surface area contributed by atoms with Crippen LogP contribution in [0.5, 0.6) is 11.8 Å². The standard InChI is InChI=1S/C17H23N3O2/c1-21-16-17(20-15-7-3-2-6-14(15)19-16)22-12-4-5-13-8-10-18-11-9-13/h2-3,6-7,13,18H,4-5,8-12H2,1H3. The molecule has 0 spiro atoms. The van der Waals surface area contributed by atoms with E-state index in [1.165, 1.54) is 19.3 Å². The average molecular weight is 301 g/mol. The molecule has 0 amide bonds. The Balaban J connectivity index is 1.58. The average Bonchev–Trinajstić information content (AvgIpc) is 2.59. The number of benzene rings is 1. The molecule has 5 nitrogen and oxygen atoms in total. The van der Waals surface area contributed by atoms with Crippen molar-refractivity contribution < 1.29 is 9.47 Å². The first-order chi connectivity index (χ1) is 10.9. The van der Waals surface area contributed by atoms with Crippen LogP contribution in [0.1, 0.15) is 25.7 Å². The molecular weight excluding hydrogens is 278 g/mol. The van der Waals surface area contributed by atoms with Gasteiger partial charge in [-0.15, -0.1) is 0 Å². The molecule has 1 aliphatic rings. The van der Waals surface area contributed by atoms with E-state index in [0.717, 1.165) is 36.5 Å². The number of methoxy groups -OCH3 is 1. The number of nitrogens with zero attached hydrogens (tertiary/aromatic N) is 2. The number of piperidine rings is 1. The monoisotopic (exact) mass is 301 g/mol. The molecular formula is C17H23N3O2. The fourth-order valence-electron chi connectivity index (χ4n) is 2.91. The highest BCUT2D eigenvalue weighted by Crippen LogP contribution is 2.25. The molecule has 0 radical (unpaired) electrons. The Morgan fingerprint density at radius 2 is 1.77 bits per heavy atom. The summed E-state index contributed by atoms with van der Waals surface area (Å²) in [5, 5.41) is 3.40. The highest BCUT2D eigenvalue weighted by atomic mass is 16.5. The molecule has 0 aliphatic carbocycles. The third kappa shape index (κ3) is 3.65. The molecule has 0 atom stereocenters. The molecule has 3 rings (SSSR count). The Kier molecular flexibility index (Phi) is 5.06. The van der Waals surface area contributed by atoms with Gasteiger partial charge >= 0.3 is 0 Å². The third-order valence-electron chi connectivity index (χ3n) is 4.16. The largest absolute Gasteiger partial charge is 0.477 e. The Bertz CT molecular complexity index is 612. The van der Waals surface area contributed by atoms with Crippen molar-refractivity contribution in [2.75, 3.05) is 26.8 Å². The van der Waals surface area contributed by atoms with Crippen LogP contribution in [0.3, 0.4) is 0 Å². The lowest BCUT2D eigenvalue weighted by Gasteiger charge is -2.22. The minimum Gasteiger partial charge on any atom is -0.477 e. The highest BCUT2D eigenvalue weighted by molar-refractivity contribution is 5.75. The van der Waals surface area contributed by atoms with Crippen molar-refractivity contribution in [2.24, 2.45) is 5.92 Å². The molecule has 0 unspecified atom stereocenters. The van der Waals surface area contributed by atoms with Gasteiger partial charge in [-0.3, -0.25) is 0 Å². The van der Waals surface area contributed by atoms with Crippen LogP contribution < -0.4 is 14.8 Å². The maximum Gasteiger partial charge on any atom is 0.278 e. The smallest absolute Gasteiger partial charge is 0.278 e. The van der Waals surface area contributed by atoms with Gasteiger partial charge in [-0.05, 0) is 56.8 Å². The van der Waals surface area contributed by atoms with E-state index in [-0.39, 0.29) is 0 Å². The zero-order valence-electron chi connectivity index (χ0n) is 13.0. The number of hydrogen-bond donors (Lipinski definition) is 1. The first-order valence-corrected chi connectivity index (χ1v) is 8.01. The van der Waals surface area contributed by atoms with Crippen LogP contribution >= 0.6 is 0 Å². The summed E-state index contributed by atoms with van der Waals surface area (Å²) in [7, 11) is 1.60. The van der Waals surface area contributed by atoms with E-state index in [9.17, 15) is 0 Å². The van der Waals surface area contributed by atoms with Crippen LogP contribution in [0.4, 0.5) is 0 Å². The van der Waals surface area contributed by atoms with E-state index >= 15 is 0 Å². The van der Waals surface area contributed by atoms with Crippen LogP contribution in [0.25, 0.3) is 11.0 Å². The molecule has 1 saturated heterocycles. The number of fused-ring (bicyclic) bond motifs is 1. The van der Waals surface area contributed by atoms with Crippen molar-refractivity contribution in [3.8, 4) is 11.8 Å². The summed E-state index contributed by atoms with van der Waals surface area (Å²) in [6.45, 7) is 2.96. The van der Waals surface area contributed by atoms with Gasteiger partial charge in [0.25, 0.3) is 11.8 Å². The van der Waals surface area contributed by atoms with Crippen LogP contribution in [-0.4, -0.2) is 36.8 Å². The molecule has 2 heterocycles. The molecule has 1 fully saturated rings. The summed E-state index contributed by atoms with van der Waals surface area (Å²) < 4.78 is 11.1. The summed E-state index contributed by atoms with van der Waals surface area (Å²) in [5.74, 6) is 1.78. The predicted molar refractivity (Wildman–Crippen MR) is 86.4 cm³/mol. The molecule has 118 valence electrons. The number of nitrogens with one attached hydrogen (secondary N) is 1. The molecule has 5 heteroatoms. The molecule has 1 aromatic carbocycles. The number of hydrogen-bond acceptors (Lipinski definition) is 5. The van der Waals surface area contributed by atoms with Crippen molar-refractivity contribution in [3.05, 3.63) is 24.3 Å². The van der Waals surface area contributed by atoms with Crippen LogP contribution in [0, 0.1) is 5.92 Å². The van der Waals surface area contributed by atoms with E-state index in [1.807, 2.05) is 24.3 Å². The van der Waals surface area contributed by atoms with Gasteiger partial charge in [-0.1, -0.05) is 12.1 Å². The lowest BCUT2D eigenvalue weighted by molar-refractivity contribution is 0.252. The third-order valence-corrected chi connectivity index (χ3v) is 4.16. The minimum absolute atomic E-state index is 0.459. The van der Waals surface area contributed by atoms with Gasteiger partial charge in [-0.2, -0.15) is 0 Å². The molecule has 1 aliphatic heterocycles.